The van der Waals surface area contributed by atoms with Crippen molar-refractivity contribution in [1.29, 1.82) is 0 Å². The van der Waals surface area contributed by atoms with Crippen molar-refractivity contribution in [1.82, 2.24) is 4.57 Å². The topological polar surface area (TPSA) is 97.3 Å². The fourth-order valence-electron chi connectivity index (χ4n) is 2.38. The summed E-state index contributed by atoms with van der Waals surface area (Å²) in [6, 6.07) is 1.96. The summed E-state index contributed by atoms with van der Waals surface area (Å²) in [5.41, 5.74) is 3.68. The average molecular weight is 309 g/mol. The molecule has 0 saturated heterocycles. The predicted octanol–water partition coefficient (Wildman–Crippen LogP) is 1.54. The van der Waals surface area contributed by atoms with E-state index >= 15 is 0 Å². The van der Waals surface area contributed by atoms with Crippen LogP contribution in [0.3, 0.4) is 0 Å². The molecule has 22 heavy (non-hydrogen) atoms. The molecule has 1 aliphatic carbocycles. The first kappa shape index (κ1) is 10.3. The minimum atomic E-state index is -2.79. The number of hydrogen-bond acceptors (Lipinski definition) is 4. The lowest BCUT2D eigenvalue weighted by atomic mass is 10.1. The number of nitrogens with zero attached hydrogens (tertiary/aromatic N) is 1. The van der Waals surface area contributed by atoms with Gasteiger partial charge in [0.1, 0.15) is 11.4 Å². The summed E-state index contributed by atoms with van der Waals surface area (Å²) >= 11 is 0. The minimum Gasteiger partial charge on any atom is -0.477 e. The number of benzene rings is 1. The van der Waals surface area contributed by atoms with Crippen LogP contribution < -0.4 is 16.5 Å². The molecule has 2 aromatic rings. The Kier molecular flexibility index (Phi) is 2.54. The van der Waals surface area contributed by atoms with Crippen LogP contribution in [-0.2, 0) is 0 Å². The first-order valence-corrected chi connectivity index (χ1v) is 6.61. The van der Waals surface area contributed by atoms with E-state index in [1.807, 2.05) is 0 Å². The number of fused-ring (bicyclic) bond motifs is 1. The number of carboxylic acid groups (broad SMARTS) is 1. The van der Waals surface area contributed by atoms with Gasteiger partial charge in [0.25, 0.3) is 0 Å². The normalized spacial score (nSPS) is 18.3. The minimum absolute atomic E-state index is 0.0350. The smallest absolute Gasteiger partial charge is 0.341 e. The highest BCUT2D eigenvalue weighted by atomic mass is 19.1. The number of halogens is 1. The van der Waals surface area contributed by atoms with Gasteiger partial charge >= 0.3 is 5.97 Å². The summed E-state index contributed by atoms with van der Waals surface area (Å²) in [7, 11) is 0. The second kappa shape index (κ2) is 5.42. The van der Waals surface area contributed by atoms with E-state index in [2.05, 4.69) is 5.32 Å². The molecule has 0 radical (unpaired) electrons. The van der Waals surface area contributed by atoms with E-state index in [-0.39, 0.29) is 22.6 Å². The molecule has 0 amide bonds. The third-order valence-electron chi connectivity index (χ3n) is 3.56. The summed E-state index contributed by atoms with van der Waals surface area (Å²) < 4.78 is 45.9. The molecule has 4 N–H and O–H groups in total. The molecule has 0 spiro atoms. The lowest BCUT2D eigenvalue weighted by Crippen LogP contribution is -2.19. The molecule has 1 saturated carbocycles. The zero-order valence-electron chi connectivity index (χ0n) is 15.4. The Morgan fingerprint density at radius 1 is 1.55 bits per heavy atom. The standard InChI is InChI=1S/C15H16FN3O3/c16-11-5-9-13(6-12(11)18-4-3-17)19(8-1-2-8)7-10(14(9)20)15(21)22/h5-8,18H,1-4,17H2,(H,21,22)/i3D2,4D2. The highest BCUT2D eigenvalue weighted by Crippen LogP contribution is 2.37. The van der Waals surface area contributed by atoms with Crippen molar-refractivity contribution in [2.45, 2.75) is 18.9 Å². The number of anilines is 1. The van der Waals surface area contributed by atoms with Gasteiger partial charge in [-0.3, -0.25) is 4.79 Å². The number of aromatic carboxylic acids is 1. The summed E-state index contributed by atoms with van der Waals surface area (Å²) in [4.78, 5) is 23.6. The number of pyridine rings is 1. The summed E-state index contributed by atoms with van der Waals surface area (Å²) in [6.45, 7) is -5.58. The van der Waals surface area contributed by atoms with Gasteiger partial charge in [0.15, 0.2) is 0 Å². The Labute approximate surface area is 131 Å². The molecule has 1 aliphatic rings. The number of hydrogen-bond donors (Lipinski definition) is 3. The second-order valence-electron chi connectivity index (χ2n) is 5.06. The number of carbonyl (C=O) groups is 1. The molecule has 6 nitrogen and oxygen atoms in total. The zero-order chi connectivity index (χ0) is 19.4. The van der Waals surface area contributed by atoms with E-state index in [9.17, 15) is 19.1 Å². The third-order valence-corrected chi connectivity index (χ3v) is 3.56. The largest absolute Gasteiger partial charge is 0.477 e. The number of aromatic nitrogens is 1. The lowest BCUT2D eigenvalue weighted by molar-refractivity contribution is 0.0695. The van der Waals surface area contributed by atoms with Crippen LogP contribution in [0.5, 0.6) is 0 Å². The van der Waals surface area contributed by atoms with Crippen molar-refractivity contribution in [3.8, 4) is 0 Å². The maximum Gasteiger partial charge on any atom is 0.341 e. The molecule has 0 bridgehead atoms. The van der Waals surface area contributed by atoms with E-state index in [1.54, 1.807) is 4.57 Å². The maximum atomic E-state index is 14.4. The van der Waals surface area contributed by atoms with Crippen LogP contribution in [0, 0.1) is 5.82 Å². The van der Waals surface area contributed by atoms with Crippen LogP contribution in [-0.4, -0.2) is 28.6 Å². The van der Waals surface area contributed by atoms with Gasteiger partial charge in [-0.1, -0.05) is 0 Å². The number of nitrogens with two attached hydrogens (primary N) is 1. The van der Waals surface area contributed by atoms with Gasteiger partial charge < -0.3 is 20.7 Å². The Hall–Kier alpha value is -2.41. The molecule has 1 aromatic heterocycles. The van der Waals surface area contributed by atoms with Crippen molar-refractivity contribution in [2.75, 3.05) is 18.3 Å². The Bertz CT molecular complexity index is 967. The molecule has 1 aromatic carbocycles. The van der Waals surface area contributed by atoms with Gasteiger partial charge in [-0.15, -0.1) is 0 Å². The van der Waals surface area contributed by atoms with Crippen molar-refractivity contribution in [3.63, 3.8) is 0 Å². The highest BCUT2D eigenvalue weighted by molar-refractivity contribution is 5.93. The quantitative estimate of drug-likeness (QED) is 0.778. The van der Waals surface area contributed by atoms with Crippen LogP contribution in [0.1, 0.15) is 34.7 Å². The van der Waals surface area contributed by atoms with Crippen molar-refractivity contribution in [2.24, 2.45) is 5.73 Å². The zero-order valence-corrected chi connectivity index (χ0v) is 11.4. The molecule has 7 heteroatoms. The van der Waals surface area contributed by atoms with Crippen LogP contribution in [0.4, 0.5) is 10.1 Å². The summed E-state index contributed by atoms with van der Waals surface area (Å²) in [5, 5.41) is 11.1. The highest BCUT2D eigenvalue weighted by Gasteiger charge is 2.27. The van der Waals surface area contributed by atoms with Crippen LogP contribution in [0.2, 0.25) is 0 Å². The molecule has 1 heterocycles. The fraction of sp³-hybridized carbons (Fsp3) is 0.333. The van der Waals surface area contributed by atoms with Gasteiger partial charge in [-0.05, 0) is 25.0 Å². The lowest BCUT2D eigenvalue weighted by Gasteiger charge is -2.14. The van der Waals surface area contributed by atoms with Crippen molar-refractivity contribution >= 4 is 22.6 Å². The second-order valence-corrected chi connectivity index (χ2v) is 5.06. The molecular formula is C15H16FN3O3. The van der Waals surface area contributed by atoms with E-state index in [0.29, 0.717) is 0 Å². The van der Waals surface area contributed by atoms with Gasteiger partial charge in [0.2, 0.25) is 5.43 Å². The van der Waals surface area contributed by atoms with Crippen molar-refractivity contribution in [3.05, 3.63) is 39.9 Å². The van der Waals surface area contributed by atoms with E-state index < -0.39 is 35.8 Å². The first-order valence-electron chi connectivity index (χ1n) is 8.61. The average Bonchev–Trinajstić information content (AvgIpc) is 3.32. The number of rotatable bonds is 5. The maximum absolute atomic E-state index is 14.4. The molecule has 3 rings (SSSR count). The molecular weight excluding hydrogens is 289 g/mol. The van der Waals surface area contributed by atoms with Crippen molar-refractivity contribution < 1.29 is 19.8 Å². The SMILES string of the molecule is [2H]C([2H])(N)C([2H])([2H])Nc1cc2c(cc1F)c(=O)c(C(=O)O)cn2C1CC1. The van der Waals surface area contributed by atoms with Gasteiger partial charge in [0.05, 0.1) is 13.9 Å². The summed E-state index contributed by atoms with van der Waals surface area (Å²) in [5.74, 6) is -2.44. The molecule has 0 atom stereocenters. The van der Waals surface area contributed by atoms with Crippen LogP contribution in [0.15, 0.2) is 23.1 Å². The monoisotopic (exact) mass is 309 g/mol. The Morgan fingerprint density at radius 3 is 2.86 bits per heavy atom. The van der Waals surface area contributed by atoms with Crippen LogP contribution in [0.25, 0.3) is 10.9 Å². The van der Waals surface area contributed by atoms with E-state index in [4.69, 9.17) is 11.2 Å². The predicted molar refractivity (Wildman–Crippen MR) is 80.9 cm³/mol. The van der Waals surface area contributed by atoms with E-state index in [0.717, 1.165) is 18.9 Å². The number of nitrogens with one attached hydrogen (secondary N) is 1. The Morgan fingerprint density at radius 2 is 2.27 bits per heavy atom. The molecule has 0 aliphatic heterocycles. The summed E-state index contributed by atoms with van der Waals surface area (Å²) in [6.07, 6.45) is 2.73. The van der Waals surface area contributed by atoms with Crippen LogP contribution >= 0.6 is 0 Å². The Balaban J connectivity index is 2.22. The molecule has 1 fully saturated rings. The third kappa shape index (κ3) is 2.43. The molecule has 116 valence electrons. The van der Waals surface area contributed by atoms with E-state index in [1.165, 1.54) is 12.3 Å². The van der Waals surface area contributed by atoms with Gasteiger partial charge in [0, 0.05) is 33.4 Å². The fourth-order valence-corrected chi connectivity index (χ4v) is 2.38. The first-order chi connectivity index (χ1) is 11.9. The molecule has 0 unspecified atom stereocenters. The van der Waals surface area contributed by atoms with Gasteiger partial charge in [-0.2, -0.15) is 0 Å². The van der Waals surface area contributed by atoms with Gasteiger partial charge in [-0.25, -0.2) is 9.18 Å². The number of carboxylic acids is 1.